The maximum absolute atomic E-state index is 9.39. The first-order valence-corrected chi connectivity index (χ1v) is 8.25. The number of rotatable bonds is 5. The van der Waals surface area contributed by atoms with E-state index in [4.69, 9.17) is 0 Å². The van der Waals surface area contributed by atoms with Gasteiger partial charge >= 0.3 is 0 Å². The molecule has 3 rings (SSSR count). The Labute approximate surface area is 132 Å². The number of hydrogen-bond acceptors (Lipinski definition) is 3. The summed E-state index contributed by atoms with van der Waals surface area (Å²) in [6, 6.07) is 13.9. The quantitative estimate of drug-likeness (QED) is 0.869. The lowest BCUT2D eigenvalue weighted by Crippen LogP contribution is -2.30. The maximum atomic E-state index is 9.39. The first kappa shape index (κ1) is 15.0. The summed E-state index contributed by atoms with van der Waals surface area (Å²) in [5.74, 6) is 0.984. The van der Waals surface area contributed by atoms with Gasteiger partial charge in [0.15, 0.2) is 0 Å². The highest BCUT2D eigenvalue weighted by Crippen LogP contribution is 2.33. The molecule has 22 heavy (non-hydrogen) atoms. The van der Waals surface area contributed by atoms with E-state index in [1.807, 2.05) is 24.4 Å². The fourth-order valence-electron chi connectivity index (χ4n) is 3.38. The molecule has 1 aliphatic rings. The minimum Gasteiger partial charge on any atom is -0.508 e. The summed E-state index contributed by atoms with van der Waals surface area (Å²) in [6.07, 6.45) is 8.47. The van der Waals surface area contributed by atoms with Crippen LogP contribution in [0.4, 0.5) is 0 Å². The predicted molar refractivity (Wildman–Crippen MR) is 88.5 cm³/mol. The first-order chi connectivity index (χ1) is 10.8. The average molecular weight is 296 g/mol. The molecule has 1 unspecified atom stereocenters. The number of benzene rings is 1. The van der Waals surface area contributed by atoms with E-state index in [2.05, 4.69) is 22.4 Å². The SMILES string of the molecule is Oc1ccc(CNC(c2ccccn2)C2CCCCC2)cc1. The summed E-state index contributed by atoms with van der Waals surface area (Å²) in [7, 11) is 0. The Morgan fingerprint density at radius 2 is 1.82 bits per heavy atom. The van der Waals surface area contributed by atoms with Gasteiger partial charge in [0.05, 0.1) is 11.7 Å². The van der Waals surface area contributed by atoms with Crippen LogP contribution in [0.3, 0.4) is 0 Å². The summed E-state index contributed by atoms with van der Waals surface area (Å²) in [6.45, 7) is 0.804. The molecular weight excluding hydrogens is 272 g/mol. The van der Waals surface area contributed by atoms with Crippen molar-refractivity contribution in [3.63, 3.8) is 0 Å². The molecule has 1 aliphatic carbocycles. The average Bonchev–Trinajstić information content (AvgIpc) is 2.59. The van der Waals surface area contributed by atoms with Crippen LogP contribution < -0.4 is 5.32 Å². The van der Waals surface area contributed by atoms with Gasteiger partial charge in [-0.15, -0.1) is 0 Å². The van der Waals surface area contributed by atoms with Crippen molar-refractivity contribution in [3.8, 4) is 5.75 Å². The maximum Gasteiger partial charge on any atom is 0.115 e. The van der Waals surface area contributed by atoms with Crippen molar-refractivity contribution in [1.82, 2.24) is 10.3 Å². The third-order valence-electron chi connectivity index (χ3n) is 4.59. The Hall–Kier alpha value is -1.87. The van der Waals surface area contributed by atoms with E-state index >= 15 is 0 Å². The lowest BCUT2D eigenvalue weighted by atomic mass is 9.82. The van der Waals surface area contributed by atoms with Crippen LogP contribution in [-0.2, 0) is 6.54 Å². The molecule has 0 aliphatic heterocycles. The molecule has 1 aromatic carbocycles. The second kappa shape index (κ2) is 7.41. The van der Waals surface area contributed by atoms with E-state index in [9.17, 15) is 5.11 Å². The number of nitrogens with zero attached hydrogens (tertiary/aromatic N) is 1. The van der Waals surface area contributed by atoms with Gasteiger partial charge in [0.25, 0.3) is 0 Å². The topological polar surface area (TPSA) is 45.1 Å². The van der Waals surface area contributed by atoms with Crippen LogP contribution in [0.25, 0.3) is 0 Å². The zero-order valence-corrected chi connectivity index (χ0v) is 12.9. The monoisotopic (exact) mass is 296 g/mol. The Morgan fingerprint density at radius 3 is 2.50 bits per heavy atom. The number of aromatic nitrogens is 1. The predicted octanol–water partition coefficient (Wildman–Crippen LogP) is 4.20. The van der Waals surface area contributed by atoms with Gasteiger partial charge in [-0.25, -0.2) is 0 Å². The molecule has 0 radical (unpaired) electrons. The Bertz CT molecular complexity index is 562. The van der Waals surface area contributed by atoms with Crippen molar-refractivity contribution in [3.05, 3.63) is 59.9 Å². The largest absolute Gasteiger partial charge is 0.508 e. The van der Waals surface area contributed by atoms with Crippen LogP contribution in [-0.4, -0.2) is 10.1 Å². The Morgan fingerprint density at radius 1 is 1.05 bits per heavy atom. The van der Waals surface area contributed by atoms with Crippen molar-refractivity contribution in [2.75, 3.05) is 0 Å². The van der Waals surface area contributed by atoms with Crippen LogP contribution in [0.15, 0.2) is 48.7 Å². The van der Waals surface area contributed by atoms with Crippen LogP contribution in [0, 0.1) is 5.92 Å². The standard InChI is InChI=1S/C19H24N2O/c22-17-11-9-15(10-12-17)14-21-19(16-6-2-1-3-7-16)18-8-4-5-13-20-18/h4-5,8-13,16,19,21-22H,1-3,6-7,14H2. The highest BCUT2D eigenvalue weighted by Gasteiger charge is 2.25. The minimum atomic E-state index is 0.315. The zero-order chi connectivity index (χ0) is 15.2. The van der Waals surface area contributed by atoms with Gasteiger partial charge in [-0.2, -0.15) is 0 Å². The third kappa shape index (κ3) is 3.86. The summed E-state index contributed by atoms with van der Waals surface area (Å²) in [5.41, 5.74) is 2.34. The number of phenolic OH excluding ortho intramolecular Hbond substituents is 1. The third-order valence-corrected chi connectivity index (χ3v) is 4.59. The molecule has 2 aromatic rings. The van der Waals surface area contributed by atoms with Crippen molar-refractivity contribution < 1.29 is 5.11 Å². The van der Waals surface area contributed by atoms with Crippen molar-refractivity contribution in [1.29, 1.82) is 0 Å². The fourth-order valence-corrected chi connectivity index (χ4v) is 3.38. The second-order valence-electron chi connectivity index (χ2n) is 6.18. The van der Waals surface area contributed by atoms with Gasteiger partial charge in [0.2, 0.25) is 0 Å². The van der Waals surface area contributed by atoms with Crippen molar-refractivity contribution >= 4 is 0 Å². The molecule has 116 valence electrons. The summed E-state index contributed by atoms with van der Waals surface area (Å²) < 4.78 is 0. The molecule has 1 fully saturated rings. The number of pyridine rings is 1. The number of aromatic hydroxyl groups is 1. The van der Waals surface area contributed by atoms with Crippen LogP contribution >= 0.6 is 0 Å². The summed E-state index contributed by atoms with van der Waals surface area (Å²) >= 11 is 0. The lowest BCUT2D eigenvalue weighted by Gasteiger charge is -2.31. The van der Waals surface area contributed by atoms with Crippen LogP contribution in [0.2, 0.25) is 0 Å². The fraction of sp³-hybridized carbons (Fsp3) is 0.421. The van der Waals surface area contributed by atoms with Gasteiger partial charge in [-0.05, 0) is 48.6 Å². The molecule has 1 saturated carbocycles. The Balaban J connectivity index is 1.72. The molecule has 0 saturated heterocycles. The number of phenols is 1. The Kier molecular flexibility index (Phi) is 5.07. The van der Waals surface area contributed by atoms with E-state index in [0.29, 0.717) is 17.7 Å². The van der Waals surface area contributed by atoms with Gasteiger partial charge in [0, 0.05) is 12.7 Å². The van der Waals surface area contributed by atoms with E-state index in [1.165, 1.54) is 37.7 Å². The molecule has 0 spiro atoms. The van der Waals surface area contributed by atoms with Gasteiger partial charge in [-0.1, -0.05) is 37.5 Å². The molecule has 1 aromatic heterocycles. The van der Waals surface area contributed by atoms with Crippen LogP contribution in [0.1, 0.15) is 49.4 Å². The minimum absolute atomic E-state index is 0.315. The number of hydrogen-bond donors (Lipinski definition) is 2. The summed E-state index contributed by atoms with van der Waals surface area (Å²) in [5, 5.41) is 13.1. The smallest absolute Gasteiger partial charge is 0.115 e. The van der Waals surface area contributed by atoms with Crippen LogP contribution in [0.5, 0.6) is 5.75 Å². The summed E-state index contributed by atoms with van der Waals surface area (Å²) in [4.78, 5) is 4.58. The lowest BCUT2D eigenvalue weighted by molar-refractivity contribution is 0.266. The van der Waals surface area contributed by atoms with E-state index < -0.39 is 0 Å². The van der Waals surface area contributed by atoms with Gasteiger partial charge in [0.1, 0.15) is 5.75 Å². The van der Waals surface area contributed by atoms with E-state index in [-0.39, 0.29) is 0 Å². The van der Waals surface area contributed by atoms with Gasteiger partial charge in [-0.3, -0.25) is 4.98 Å². The second-order valence-corrected chi connectivity index (χ2v) is 6.18. The molecule has 3 nitrogen and oxygen atoms in total. The van der Waals surface area contributed by atoms with Gasteiger partial charge < -0.3 is 10.4 Å². The van der Waals surface area contributed by atoms with Crippen molar-refractivity contribution in [2.45, 2.75) is 44.7 Å². The molecule has 1 atom stereocenters. The zero-order valence-electron chi connectivity index (χ0n) is 12.9. The first-order valence-electron chi connectivity index (χ1n) is 8.25. The normalized spacial score (nSPS) is 17.3. The number of nitrogens with one attached hydrogen (secondary N) is 1. The molecule has 0 bridgehead atoms. The van der Waals surface area contributed by atoms with Crippen molar-refractivity contribution in [2.24, 2.45) is 5.92 Å². The molecule has 0 amide bonds. The highest BCUT2D eigenvalue weighted by molar-refractivity contribution is 5.26. The molecule has 2 N–H and O–H groups in total. The molecule has 1 heterocycles. The molecular formula is C19H24N2O. The molecule has 3 heteroatoms. The highest BCUT2D eigenvalue weighted by atomic mass is 16.3. The van der Waals surface area contributed by atoms with E-state index in [1.54, 1.807) is 12.1 Å². The van der Waals surface area contributed by atoms with E-state index in [0.717, 1.165) is 12.2 Å².